The molecule has 0 heterocycles. The maximum Gasteiger partial charge on any atom is 0.228 e. The zero-order chi connectivity index (χ0) is 26.0. The average molecular weight is 497 g/mol. The van der Waals surface area contributed by atoms with Crippen molar-refractivity contribution in [3.05, 3.63) is 108 Å². The summed E-state index contributed by atoms with van der Waals surface area (Å²) in [5, 5.41) is 5.77. The first-order valence-corrected chi connectivity index (χ1v) is 11.7. The van der Waals surface area contributed by atoms with Crippen LogP contribution in [0.15, 0.2) is 97.1 Å². The molecule has 7 heteroatoms. The number of anilines is 2. The largest absolute Gasteiger partial charge is 0.497 e. The predicted octanol–water partition coefficient (Wildman–Crippen LogP) is 5.86. The van der Waals surface area contributed by atoms with Crippen LogP contribution in [0.1, 0.15) is 11.1 Å². The third kappa shape index (κ3) is 7.60. The minimum absolute atomic E-state index is 0.108. The van der Waals surface area contributed by atoms with Crippen LogP contribution in [0.3, 0.4) is 0 Å². The molecule has 0 aliphatic heterocycles. The lowest BCUT2D eigenvalue weighted by Crippen LogP contribution is -2.14. The summed E-state index contributed by atoms with van der Waals surface area (Å²) in [6, 6.07) is 29.1. The van der Waals surface area contributed by atoms with Crippen LogP contribution in [0.5, 0.6) is 23.0 Å². The van der Waals surface area contributed by atoms with E-state index in [1.807, 2.05) is 48.5 Å². The van der Waals surface area contributed by atoms with Crippen molar-refractivity contribution in [2.75, 3.05) is 24.9 Å². The van der Waals surface area contributed by atoms with Gasteiger partial charge >= 0.3 is 0 Å². The maximum atomic E-state index is 12.3. The molecule has 4 aromatic rings. The number of methoxy groups -OCH3 is 2. The SMILES string of the molecule is COc1ccc(CC(=O)Nc2ccc(Oc3ccc(NC(=O)Cc4ccc(OC)cc4)cc3)cc2)cc1. The number of hydrogen-bond acceptors (Lipinski definition) is 5. The highest BCUT2D eigenvalue weighted by atomic mass is 16.5. The van der Waals surface area contributed by atoms with E-state index in [-0.39, 0.29) is 24.7 Å². The number of ether oxygens (including phenoxy) is 3. The minimum Gasteiger partial charge on any atom is -0.497 e. The lowest BCUT2D eigenvalue weighted by atomic mass is 10.1. The van der Waals surface area contributed by atoms with Gasteiger partial charge in [-0.25, -0.2) is 0 Å². The van der Waals surface area contributed by atoms with Crippen LogP contribution in [0.25, 0.3) is 0 Å². The average Bonchev–Trinajstić information content (AvgIpc) is 2.92. The Balaban J connectivity index is 1.25. The topological polar surface area (TPSA) is 85.9 Å². The number of rotatable bonds is 10. The highest BCUT2D eigenvalue weighted by molar-refractivity contribution is 5.93. The van der Waals surface area contributed by atoms with E-state index in [1.54, 1.807) is 62.8 Å². The molecular weight excluding hydrogens is 468 g/mol. The van der Waals surface area contributed by atoms with Crippen LogP contribution in [-0.4, -0.2) is 26.0 Å². The Morgan fingerprint density at radius 1 is 0.514 bits per heavy atom. The molecular formula is C30H28N2O5. The van der Waals surface area contributed by atoms with E-state index in [2.05, 4.69) is 10.6 Å². The molecule has 2 amide bonds. The lowest BCUT2D eigenvalue weighted by Gasteiger charge is -2.10. The van der Waals surface area contributed by atoms with Crippen LogP contribution in [0.4, 0.5) is 11.4 Å². The zero-order valence-corrected chi connectivity index (χ0v) is 20.7. The van der Waals surface area contributed by atoms with Crippen LogP contribution >= 0.6 is 0 Å². The molecule has 0 spiro atoms. The Kier molecular flexibility index (Phi) is 8.39. The van der Waals surface area contributed by atoms with Crippen LogP contribution in [0, 0.1) is 0 Å². The fourth-order valence-corrected chi connectivity index (χ4v) is 3.62. The van der Waals surface area contributed by atoms with Crippen LogP contribution in [0.2, 0.25) is 0 Å². The number of nitrogens with one attached hydrogen (secondary N) is 2. The first kappa shape index (κ1) is 25.3. The number of carbonyl (C=O) groups excluding carboxylic acids is 2. The van der Waals surface area contributed by atoms with Crippen molar-refractivity contribution in [1.82, 2.24) is 0 Å². The van der Waals surface area contributed by atoms with Gasteiger partial charge in [0, 0.05) is 11.4 Å². The zero-order valence-electron chi connectivity index (χ0n) is 20.7. The number of amides is 2. The summed E-state index contributed by atoms with van der Waals surface area (Å²) in [5.74, 6) is 2.55. The second kappa shape index (κ2) is 12.3. The standard InChI is InChI=1S/C30H28N2O5/c1-35-25-11-3-21(4-12-25)19-29(33)31-23-7-15-27(16-8-23)37-28-17-9-24(10-18-28)32-30(34)20-22-5-13-26(36-2)14-6-22/h3-18H,19-20H2,1-2H3,(H,31,33)(H,32,34). The van der Waals surface area contributed by atoms with Crippen LogP contribution in [-0.2, 0) is 22.4 Å². The van der Waals surface area contributed by atoms with Gasteiger partial charge in [0.05, 0.1) is 27.1 Å². The van der Waals surface area contributed by atoms with Gasteiger partial charge in [0.1, 0.15) is 23.0 Å². The molecule has 0 unspecified atom stereocenters. The molecule has 0 bridgehead atoms. The Morgan fingerprint density at radius 3 is 1.16 bits per heavy atom. The molecule has 7 nitrogen and oxygen atoms in total. The third-order valence-corrected chi connectivity index (χ3v) is 5.56. The summed E-state index contributed by atoms with van der Waals surface area (Å²) in [5.41, 5.74) is 3.17. The van der Waals surface area contributed by atoms with Crippen molar-refractivity contribution in [1.29, 1.82) is 0 Å². The molecule has 0 radical (unpaired) electrons. The third-order valence-electron chi connectivity index (χ3n) is 5.56. The van der Waals surface area contributed by atoms with Gasteiger partial charge in [-0.3, -0.25) is 9.59 Å². The highest BCUT2D eigenvalue weighted by Gasteiger charge is 2.07. The fraction of sp³-hybridized carbons (Fsp3) is 0.133. The molecule has 0 aromatic heterocycles. The Labute approximate surface area is 216 Å². The quantitative estimate of drug-likeness (QED) is 0.287. The van der Waals surface area contributed by atoms with Gasteiger partial charge in [0.25, 0.3) is 0 Å². The molecule has 0 aliphatic carbocycles. The van der Waals surface area contributed by atoms with Crippen molar-refractivity contribution >= 4 is 23.2 Å². The first-order valence-electron chi connectivity index (χ1n) is 11.7. The Hall–Kier alpha value is -4.78. The maximum absolute atomic E-state index is 12.3. The van der Waals surface area contributed by atoms with E-state index in [9.17, 15) is 9.59 Å². The molecule has 0 saturated carbocycles. The second-order valence-corrected chi connectivity index (χ2v) is 8.30. The lowest BCUT2D eigenvalue weighted by molar-refractivity contribution is -0.116. The number of benzene rings is 4. The minimum atomic E-state index is -0.108. The highest BCUT2D eigenvalue weighted by Crippen LogP contribution is 2.25. The van der Waals surface area contributed by atoms with E-state index >= 15 is 0 Å². The molecule has 4 rings (SSSR count). The molecule has 0 aliphatic rings. The Morgan fingerprint density at radius 2 is 0.838 bits per heavy atom. The van der Waals surface area contributed by atoms with Crippen molar-refractivity contribution in [2.24, 2.45) is 0 Å². The van der Waals surface area contributed by atoms with E-state index in [4.69, 9.17) is 14.2 Å². The summed E-state index contributed by atoms with van der Waals surface area (Å²) in [7, 11) is 3.21. The van der Waals surface area contributed by atoms with Gasteiger partial charge in [-0.1, -0.05) is 24.3 Å². The molecule has 4 aromatic carbocycles. The number of carbonyl (C=O) groups is 2. The van der Waals surface area contributed by atoms with E-state index < -0.39 is 0 Å². The molecule has 2 N–H and O–H groups in total. The van der Waals surface area contributed by atoms with Crippen molar-refractivity contribution in [2.45, 2.75) is 12.8 Å². The van der Waals surface area contributed by atoms with Gasteiger partial charge in [0.2, 0.25) is 11.8 Å². The molecule has 0 saturated heterocycles. The summed E-state index contributed by atoms with van der Waals surface area (Å²) in [6.45, 7) is 0. The summed E-state index contributed by atoms with van der Waals surface area (Å²) in [6.07, 6.45) is 0.538. The molecule has 37 heavy (non-hydrogen) atoms. The Bertz CT molecular complexity index is 1210. The van der Waals surface area contributed by atoms with Gasteiger partial charge in [-0.2, -0.15) is 0 Å². The van der Waals surface area contributed by atoms with Gasteiger partial charge in [-0.15, -0.1) is 0 Å². The van der Waals surface area contributed by atoms with Gasteiger partial charge in [0.15, 0.2) is 0 Å². The molecule has 0 fully saturated rings. The summed E-state index contributed by atoms with van der Waals surface area (Å²) < 4.78 is 16.2. The van der Waals surface area contributed by atoms with E-state index in [1.165, 1.54) is 0 Å². The fourth-order valence-electron chi connectivity index (χ4n) is 3.62. The first-order chi connectivity index (χ1) is 18.0. The van der Waals surface area contributed by atoms with Gasteiger partial charge in [-0.05, 0) is 83.9 Å². The summed E-state index contributed by atoms with van der Waals surface area (Å²) >= 11 is 0. The predicted molar refractivity (Wildman–Crippen MR) is 144 cm³/mol. The second-order valence-electron chi connectivity index (χ2n) is 8.30. The number of hydrogen-bond donors (Lipinski definition) is 2. The summed E-state index contributed by atoms with van der Waals surface area (Å²) in [4.78, 5) is 24.7. The monoisotopic (exact) mass is 496 g/mol. The normalized spacial score (nSPS) is 10.3. The van der Waals surface area contributed by atoms with E-state index in [0.717, 1.165) is 22.6 Å². The van der Waals surface area contributed by atoms with Crippen molar-refractivity contribution in [3.8, 4) is 23.0 Å². The van der Waals surface area contributed by atoms with Gasteiger partial charge < -0.3 is 24.8 Å². The van der Waals surface area contributed by atoms with Crippen LogP contribution < -0.4 is 24.8 Å². The van der Waals surface area contributed by atoms with E-state index in [0.29, 0.717) is 22.9 Å². The molecule has 188 valence electrons. The molecule has 0 atom stereocenters. The van der Waals surface area contributed by atoms with Crippen molar-refractivity contribution < 1.29 is 23.8 Å². The van der Waals surface area contributed by atoms with Crippen molar-refractivity contribution in [3.63, 3.8) is 0 Å². The smallest absolute Gasteiger partial charge is 0.228 e.